The lowest BCUT2D eigenvalue weighted by atomic mass is 9.88. The molecule has 0 heterocycles. The van der Waals surface area contributed by atoms with Gasteiger partial charge in [0.1, 0.15) is 0 Å². The summed E-state index contributed by atoms with van der Waals surface area (Å²) in [4.78, 5) is 0. The fraction of sp³-hybridized carbons (Fsp3) is 1.00. The molecule has 0 aromatic rings. The summed E-state index contributed by atoms with van der Waals surface area (Å²) >= 11 is 0. The van der Waals surface area contributed by atoms with Crippen LogP contribution in [-0.2, 0) is 0 Å². The molecule has 32 heteroatoms. The zero-order valence-electron chi connectivity index (χ0n) is 22.1. The topological polar surface area (TPSA) is 40.5 Å². The maximum atomic E-state index is 13.1. The molecule has 0 aromatic heterocycles. The van der Waals surface area contributed by atoms with Crippen LogP contribution in [-0.4, -0.2) is 107 Å². The van der Waals surface area contributed by atoms with Gasteiger partial charge < -0.3 is 10.2 Å². The Balaban J connectivity index is 0. The van der Waals surface area contributed by atoms with Gasteiger partial charge in [-0.05, 0) is 0 Å². The summed E-state index contributed by atoms with van der Waals surface area (Å²) in [5, 5.41) is 15.9. The first-order valence-corrected chi connectivity index (χ1v) is 11.0. The Morgan fingerprint density at radius 2 is 0.360 bits per heavy atom. The second-order valence-electron chi connectivity index (χ2n) is 9.10. The zero-order chi connectivity index (χ0) is 41.8. The fourth-order valence-corrected chi connectivity index (χ4v) is 2.59. The van der Waals surface area contributed by atoms with Crippen LogP contribution in [0.25, 0.3) is 0 Å². The molecule has 50 heavy (non-hydrogen) atoms. The van der Waals surface area contributed by atoms with Gasteiger partial charge in [-0.1, -0.05) is 0 Å². The van der Waals surface area contributed by atoms with E-state index in [4.69, 9.17) is 10.2 Å². The van der Waals surface area contributed by atoms with Crippen molar-refractivity contribution in [2.24, 2.45) is 0 Å². The summed E-state index contributed by atoms with van der Waals surface area (Å²) in [5.41, 5.74) is 0. The largest absolute Gasteiger partial charge is 0.460 e. The van der Waals surface area contributed by atoms with Gasteiger partial charge in [0.05, 0.1) is 0 Å². The molecular weight excluding hydrogens is 818 g/mol. The molecule has 0 spiro atoms. The molecule has 0 bridgehead atoms. The maximum Gasteiger partial charge on any atom is 0.460 e. The number of aliphatic hydroxyl groups is 2. The highest BCUT2D eigenvalue weighted by Gasteiger charge is 2.95. The van der Waals surface area contributed by atoms with Gasteiger partial charge in [0.25, 0.3) is 0 Å². The molecule has 0 saturated heterocycles. The third-order valence-electron chi connectivity index (χ3n) is 5.64. The average Bonchev–Trinajstić information content (AvgIpc) is 2.86. The van der Waals surface area contributed by atoms with Crippen molar-refractivity contribution in [1.82, 2.24) is 0 Å². The number of alkyl halides is 30. The summed E-state index contributed by atoms with van der Waals surface area (Å²) in [6, 6.07) is 0. The molecule has 0 amide bonds. The van der Waals surface area contributed by atoms with Gasteiger partial charge >= 0.3 is 83.4 Å². The van der Waals surface area contributed by atoms with Crippen LogP contribution in [0, 0.1) is 0 Å². The molecule has 0 saturated carbocycles. The highest BCUT2D eigenvalue weighted by molar-refractivity contribution is 5.15. The number of aliphatic hydroxyl groups excluding tert-OH is 2. The quantitative estimate of drug-likeness (QED) is 0.172. The predicted molar refractivity (Wildman–Crippen MR) is 94.9 cm³/mol. The van der Waals surface area contributed by atoms with Crippen molar-refractivity contribution in [1.29, 1.82) is 0 Å². The van der Waals surface area contributed by atoms with Crippen LogP contribution in [0.5, 0.6) is 0 Å². The smallest absolute Gasteiger partial charge is 0.396 e. The highest BCUT2D eigenvalue weighted by atomic mass is 19.4. The molecule has 0 aromatic carbocycles. The first kappa shape index (κ1) is 49.9. The van der Waals surface area contributed by atoms with Gasteiger partial charge in [0.15, 0.2) is 0 Å². The van der Waals surface area contributed by atoms with Crippen LogP contribution in [0.15, 0.2) is 0 Å². The summed E-state index contributed by atoms with van der Waals surface area (Å²) < 4.78 is 378. The van der Waals surface area contributed by atoms with Crippen molar-refractivity contribution in [3.05, 3.63) is 0 Å². The minimum absolute atomic E-state index is 1.96. The number of rotatable bonds is 14. The lowest BCUT2D eigenvalue weighted by Gasteiger charge is -2.42. The van der Waals surface area contributed by atoms with E-state index in [1.54, 1.807) is 0 Å². The second kappa shape index (κ2) is 13.3. The van der Waals surface area contributed by atoms with E-state index in [2.05, 4.69) is 0 Å². The Bertz CT molecular complexity index is 1130. The minimum Gasteiger partial charge on any atom is -0.396 e. The Labute approximate surface area is 253 Å². The first-order chi connectivity index (χ1) is 21.1. The lowest BCUT2D eigenvalue weighted by molar-refractivity contribution is -0.461. The van der Waals surface area contributed by atoms with Crippen LogP contribution in [0.1, 0.15) is 12.8 Å². The molecule has 0 radical (unpaired) electrons. The summed E-state index contributed by atoms with van der Waals surface area (Å²) in [5.74, 6) is -93.3. The zero-order valence-corrected chi connectivity index (χ0v) is 22.1. The van der Waals surface area contributed by atoms with Crippen molar-refractivity contribution >= 4 is 0 Å². The fourth-order valence-electron chi connectivity index (χ4n) is 2.59. The van der Waals surface area contributed by atoms with Gasteiger partial charge in [0.2, 0.25) is 0 Å². The van der Waals surface area contributed by atoms with Crippen molar-refractivity contribution in [3.63, 3.8) is 0 Å². The average molecular weight is 828 g/mol. The predicted octanol–water partition coefficient (Wildman–Crippen LogP) is 9.49. The standard InChI is InChI=1S/C10H5F17O.C8H5F13O/c11-3(12,1-2-28)4(13,14)5(15,16)6(17,18)7(19,20)8(21,22)9(23,24)10(25,26)27;9-3(10,1-2-22)4(11,12)5(13,14)6(15,16)7(17,18)8(19,20)21/h28H,1-2H2;22H,1-2H2. The van der Waals surface area contributed by atoms with Crippen molar-refractivity contribution in [3.8, 4) is 0 Å². The number of halogens is 30. The lowest BCUT2D eigenvalue weighted by Crippen LogP contribution is -2.74. The van der Waals surface area contributed by atoms with Gasteiger partial charge in [-0.2, -0.15) is 132 Å². The van der Waals surface area contributed by atoms with E-state index in [9.17, 15) is 132 Å². The van der Waals surface area contributed by atoms with E-state index in [0.29, 0.717) is 0 Å². The van der Waals surface area contributed by atoms with Crippen molar-refractivity contribution in [2.45, 2.75) is 96.3 Å². The van der Waals surface area contributed by atoms with E-state index in [0.717, 1.165) is 0 Å². The van der Waals surface area contributed by atoms with E-state index in [1.807, 2.05) is 0 Å². The van der Waals surface area contributed by atoms with Crippen LogP contribution in [0.3, 0.4) is 0 Å². The van der Waals surface area contributed by atoms with Gasteiger partial charge in [0, 0.05) is 26.1 Å². The summed E-state index contributed by atoms with van der Waals surface area (Å²) in [6.45, 7) is -4.12. The highest BCUT2D eigenvalue weighted by Crippen LogP contribution is 2.64. The Morgan fingerprint density at radius 1 is 0.220 bits per heavy atom. The third kappa shape index (κ3) is 7.10. The Kier molecular flexibility index (Phi) is 13.3. The minimum atomic E-state index is -8.62. The third-order valence-corrected chi connectivity index (χ3v) is 5.64. The van der Waals surface area contributed by atoms with E-state index < -0.39 is 109 Å². The second-order valence-corrected chi connectivity index (χ2v) is 9.10. The monoisotopic (exact) mass is 828 g/mol. The molecule has 0 unspecified atom stereocenters. The van der Waals surface area contributed by atoms with Crippen molar-refractivity contribution < 1.29 is 142 Å². The Morgan fingerprint density at radius 3 is 0.500 bits per heavy atom. The summed E-state index contributed by atoms with van der Waals surface area (Å²) in [6.07, 6.45) is -20.6. The number of hydrogen-bond donors (Lipinski definition) is 2. The maximum absolute atomic E-state index is 13.1. The molecule has 0 aliphatic rings. The molecular formula is C18H10F30O2. The van der Waals surface area contributed by atoms with Crippen LogP contribution in [0.4, 0.5) is 132 Å². The van der Waals surface area contributed by atoms with E-state index in [1.165, 1.54) is 0 Å². The normalized spacial score (nSPS) is 16.3. The van der Waals surface area contributed by atoms with Gasteiger partial charge in [-0.15, -0.1) is 0 Å². The van der Waals surface area contributed by atoms with Crippen molar-refractivity contribution in [2.75, 3.05) is 13.2 Å². The van der Waals surface area contributed by atoms with Crippen LogP contribution in [0.2, 0.25) is 0 Å². The van der Waals surface area contributed by atoms with Gasteiger partial charge in [-0.25, -0.2) is 0 Å². The summed E-state index contributed by atoms with van der Waals surface area (Å²) in [7, 11) is 0. The van der Waals surface area contributed by atoms with Crippen LogP contribution < -0.4 is 0 Å². The SMILES string of the molecule is OCCC(F)(F)C(F)(F)C(F)(F)C(F)(F)C(F)(F)C(F)(F)C(F)(F)C(F)(F)F.OCCC(F)(F)C(F)(F)C(F)(F)C(F)(F)C(F)(F)C(F)(F)F. The Hall–Kier alpha value is -2.18. The molecule has 0 atom stereocenters. The molecule has 0 aliphatic heterocycles. The van der Waals surface area contributed by atoms with E-state index in [-0.39, 0.29) is 0 Å². The number of hydrogen-bond acceptors (Lipinski definition) is 2. The molecule has 0 fully saturated rings. The molecule has 2 N–H and O–H groups in total. The molecule has 0 aliphatic carbocycles. The van der Waals surface area contributed by atoms with E-state index >= 15 is 0 Å². The molecule has 0 rings (SSSR count). The van der Waals surface area contributed by atoms with Crippen LogP contribution >= 0.6 is 0 Å². The first-order valence-electron chi connectivity index (χ1n) is 11.0. The molecule has 2 nitrogen and oxygen atoms in total. The molecule has 304 valence electrons. The van der Waals surface area contributed by atoms with Gasteiger partial charge in [-0.3, -0.25) is 0 Å².